The molecular weight excluding hydrogens is 367 g/mol. The van der Waals surface area contributed by atoms with E-state index in [2.05, 4.69) is 0 Å². The molecule has 4 rings (SSSR count). The van der Waals surface area contributed by atoms with Crippen LogP contribution in [0.3, 0.4) is 0 Å². The van der Waals surface area contributed by atoms with Gasteiger partial charge in [0.15, 0.2) is 0 Å². The van der Waals surface area contributed by atoms with Crippen molar-refractivity contribution in [1.29, 1.82) is 0 Å². The summed E-state index contributed by atoms with van der Waals surface area (Å²) in [5.74, 6) is 0.427. The second-order valence-electron chi connectivity index (χ2n) is 6.45. The number of benzene rings is 4. The Morgan fingerprint density at radius 2 is 1.25 bits per heavy atom. The number of hydrogen-bond donors (Lipinski definition) is 0. The molecule has 4 aromatic rings. The average molecular weight is 386 g/mol. The molecule has 0 N–H and O–H groups in total. The van der Waals surface area contributed by atoms with E-state index in [9.17, 15) is 9.36 Å². The van der Waals surface area contributed by atoms with E-state index in [1.165, 1.54) is 7.11 Å². The van der Waals surface area contributed by atoms with Crippen molar-refractivity contribution >= 4 is 34.0 Å². The Balaban J connectivity index is 2.03. The van der Waals surface area contributed by atoms with E-state index in [4.69, 9.17) is 4.74 Å². The van der Waals surface area contributed by atoms with Crippen molar-refractivity contribution in [2.75, 3.05) is 7.11 Å². The lowest BCUT2D eigenvalue weighted by Crippen LogP contribution is -2.23. The molecule has 0 aliphatic carbocycles. The lowest BCUT2D eigenvalue weighted by molar-refractivity contribution is 0.107. The van der Waals surface area contributed by atoms with Crippen molar-refractivity contribution in [1.82, 2.24) is 0 Å². The molecule has 138 valence electrons. The number of rotatable bonds is 5. The van der Waals surface area contributed by atoms with E-state index in [1.54, 1.807) is 54.6 Å². The zero-order valence-electron chi connectivity index (χ0n) is 15.4. The van der Waals surface area contributed by atoms with Crippen LogP contribution in [0.1, 0.15) is 10.4 Å². The molecule has 4 heteroatoms. The van der Waals surface area contributed by atoms with Gasteiger partial charge in [-0.15, -0.1) is 0 Å². The Hall–Kier alpha value is -3.16. The van der Waals surface area contributed by atoms with Gasteiger partial charge in [0, 0.05) is 10.6 Å². The SMILES string of the molecule is COc1ccc2ccccc2c1C(=O)P(=O)(c1ccccc1)c1ccccc1. The molecule has 0 spiro atoms. The van der Waals surface area contributed by atoms with E-state index in [-0.39, 0.29) is 0 Å². The van der Waals surface area contributed by atoms with Gasteiger partial charge in [-0.05, 0) is 16.8 Å². The molecule has 0 saturated carbocycles. The quantitative estimate of drug-likeness (QED) is 0.453. The Kier molecular flexibility index (Phi) is 4.85. The molecule has 0 amide bonds. The summed E-state index contributed by atoms with van der Waals surface area (Å²) in [6, 6.07) is 29.2. The maximum atomic E-state index is 14.4. The van der Waals surface area contributed by atoms with Crippen molar-refractivity contribution in [3.05, 3.63) is 103 Å². The number of methoxy groups -OCH3 is 1. The third-order valence-electron chi connectivity index (χ3n) is 4.85. The van der Waals surface area contributed by atoms with Crippen LogP contribution >= 0.6 is 7.14 Å². The van der Waals surface area contributed by atoms with Crippen LogP contribution in [-0.2, 0) is 4.57 Å². The van der Waals surface area contributed by atoms with Crippen molar-refractivity contribution in [3.8, 4) is 5.75 Å². The maximum absolute atomic E-state index is 14.4. The molecule has 3 nitrogen and oxygen atoms in total. The zero-order chi connectivity index (χ0) is 19.6. The van der Waals surface area contributed by atoms with E-state index < -0.39 is 12.7 Å². The van der Waals surface area contributed by atoms with Crippen LogP contribution in [0.5, 0.6) is 5.75 Å². The van der Waals surface area contributed by atoms with E-state index in [1.807, 2.05) is 42.5 Å². The molecule has 28 heavy (non-hydrogen) atoms. The summed E-state index contributed by atoms with van der Waals surface area (Å²) >= 11 is 0. The van der Waals surface area contributed by atoms with Crippen molar-refractivity contribution < 1.29 is 14.1 Å². The molecule has 0 saturated heterocycles. The highest BCUT2D eigenvalue weighted by Crippen LogP contribution is 2.49. The smallest absolute Gasteiger partial charge is 0.234 e. The van der Waals surface area contributed by atoms with Crippen LogP contribution in [0.4, 0.5) is 0 Å². The molecule has 0 atom stereocenters. The van der Waals surface area contributed by atoms with Crippen molar-refractivity contribution in [2.24, 2.45) is 0 Å². The van der Waals surface area contributed by atoms with Gasteiger partial charge in [-0.3, -0.25) is 4.79 Å². The summed E-state index contributed by atoms with van der Waals surface area (Å²) in [5.41, 5.74) is -0.0600. The Bertz CT molecular complexity index is 1140. The van der Waals surface area contributed by atoms with E-state index >= 15 is 0 Å². The summed E-state index contributed by atoms with van der Waals surface area (Å²) in [5, 5.41) is 2.67. The third kappa shape index (κ3) is 2.94. The van der Waals surface area contributed by atoms with Crippen LogP contribution in [0.25, 0.3) is 10.8 Å². The third-order valence-corrected chi connectivity index (χ3v) is 7.70. The molecule has 4 aromatic carbocycles. The maximum Gasteiger partial charge on any atom is 0.234 e. The van der Waals surface area contributed by atoms with E-state index in [0.29, 0.717) is 21.9 Å². The van der Waals surface area contributed by atoms with Gasteiger partial charge in [0.1, 0.15) is 5.75 Å². The number of carbonyl (C=O) groups is 1. The highest BCUT2D eigenvalue weighted by molar-refractivity contribution is 7.93. The van der Waals surface area contributed by atoms with Crippen LogP contribution in [-0.4, -0.2) is 12.6 Å². The highest BCUT2D eigenvalue weighted by Gasteiger charge is 2.38. The van der Waals surface area contributed by atoms with Crippen molar-refractivity contribution in [3.63, 3.8) is 0 Å². The molecular formula is C24H19O3P. The van der Waals surface area contributed by atoms with Crippen LogP contribution in [0, 0.1) is 0 Å². The second kappa shape index (κ2) is 7.46. The predicted molar refractivity (Wildman–Crippen MR) is 115 cm³/mol. The van der Waals surface area contributed by atoms with Crippen LogP contribution in [0.15, 0.2) is 97.1 Å². The first kappa shape index (κ1) is 18.2. The first-order valence-corrected chi connectivity index (χ1v) is 10.7. The zero-order valence-corrected chi connectivity index (χ0v) is 16.3. The Labute approximate surface area is 164 Å². The Morgan fingerprint density at radius 1 is 0.714 bits per heavy atom. The normalized spacial score (nSPS) is 11.3. The van der Waals surface area contributed by atoms with Crippen molar-refractivity contribution in [2.45, 2.75) is 0 Å². The van der Waals surface area contributed by atoms with Gasteiger partial charge in [-0.2, -0.15) is 0 Å². The summed E-state index contributed by atoms with van der Waals surface area (Å²) in [4.78, 5) is 13.9. The molecule has 0 unspecified atom stereocenters. The molecule has 0 heterocycles. The molecule has 0 radical (unpaired) electrons. The standard InChI is InChI=1S/C24H19O3P/c1-27-22-17-16-18-10-8-9-15-21(18)23(22)24(25)28(26,19-11-4-2-5-12-19)20-13-6-3-7-14-20/h2-17H,1H3. The summed E-state index contributed by atoms with van der Waals surface area (Å²) < 4.78 is 19.9. The molecule has 0 aromatic heterocycles. The molecule has 0 bridgehead atoms. The minimum atomic E-state index is -3.60. The average Bonchev–Trinajstić information content (AvgIpc) is 2.78. The van der Waals surface area contributed by atoms with Gasteiger partial charge in [0.05, 0.1) is 12.7 Å². The minimum Gasteiger partial charge on any atom is -0.496 e. The fourth-order valence-electron chi connectivity index (χ4n) is 3.46. The molecule has 0 aliphatic heterocycles. The summed E-state index contributed by atoms with van der Waals surface area (Å²) in [6.07, 6.45) is 0. The topological polar surface area (TPSA) is 43.4 Å². The molecule has 0 fully saturated rings. The van der Waals surface area contributed by atoms with Gasteiger partial charge in [-0.1, -0.05) is 91.0 Å². The number of ether oxygens (including phenoxy) is 1. The fraction of sp³-hybridized carbons (Fsp3) is 0.0417. The van der Waals surface area contributed by atoms with Crippen LogP contribution in [0.2, 0.25) is 0 Å². The molecule has 0 aliphatic rings. The lowest BCUT2D eigenvalue weighted by atomic mass is 10.0. The highest BCUT2D eigenvalue weighted by atomic mass is 31.2. The van der Waals surface area contributed by atoms with E-state index in [0.717, 1.165) is 10.8 Å². The number of hydrogen-bond acceptors (Lipinski definition) is 3. The number of fused-ring (bicyclic) bond motifs is 1. The fourth-order valence-corrected chi connectivity index (χ4v) is 5.96. The van der Waals surface area contributed by atoms with Gasteiger partial charge in [0.25, 0.3) is 0 Å². The van der Waals surface area contributed by atoms with Crippen LogP contribution < -0.4 is 15.3 Å². The summed E-state index contributed by atoms with van der Waals surface area (Å²) in [6.45, 7) is 0. The predicted octanol–water partition coefficient (Wildman–Crippen LogP) is 5.00. The minimum absolute atomic E-state index is 0.358. The number of carbonyl (C=O) groups excluding carboxylic acids is 1. The largest absolute Gasteiger partial charge is 0.496 e. The van der Waals surface area contributed by atoms with Gasteiger partial charge in [-0.25, -0.2) is 0 Å². The Morgan fingerprint density at radius 3 is 1.82 bits per heavy atom. The monoisotopic (exact) mass is 386 g/mol. The first-order chi connectivity index (χ1) is 13.7. The second-order valence-corrected chi connectivity index (χ2v) is 9.11. The first-order valence-electron chi connectivity index (χ1n) is 8.98. The summed E-state index contributed by atoms with van der Waals surface area (Å²) in [7, 11) is -2.08. The lowest BCUT2D eigenvalue weighted by Gasteiger charge is -2.20. The van der Waals surface area contributed by atoms with Gasteiger partial charge >= 0.3 is 0 Å². The van der Waals surface area contributed by atoms with Gasteiger partial charge in [0.2, 0.25) is 12.7 Å². The van der Waals surface area contributed by atoms with Gasteiger partial charge < -0.3 is 9.30 Å².